The molecule has 0 bridgehead atoms. The third-order valence-electron chi connectivity index (χ3n) is 19.0. The molecule has 111 heavy (non-hydrogen) atoms. The average Bonchev–Trinajstić information content (AvgIpc) is 1.79. The molecule has 3 atom stereocenters. The Morgan fingerprint density at radius 2 is 0.820 bits per heavy atom. The minimum Gasteiger partial charge on any atom is -0.478 e. The molecule has 17 nitrogen and oxygen atoms in total. The summed E-state index contributed by atoms with van der Waals surface area (Å²) in [6, 6.07) is 34.7. The van der Waals surface area contributed by atoms with Crippen LogP contribution in [0.4, 0.5) is 9.59 Å². The van der Waals surface area contributed by atoms with Gasteiger partial charge in [-0.1, -0.05) is 115 Å². The molecule has 3 aliphatic rings. The van der Waals surface area contributed by atoms with Crippen molar-refractivity contribution in [2.24, 2.45) is 5.73 Å². The zero-order valence-electron chi connectivity index (χ0n) is 67.3. The van der Waals surface area contributed by atoms with Crippen molar-refractivity contribution >= 4 is 98.8 Å². The lowest BCUT2D eigenvalue weighted by Crippen LogP contribution is -2.58. The number of carboxylic acid groups (broad SMARTS) is 1. The van der Waals surface area contributed by atoms with Crippen molar-refractivity contribution in [2.45, 2.75) is 207 Å². The highest BCUT2D eigenvalue weighted by Gasteiger charge is 2.37. The van der Waals surface area contributed by atoms with E-state index in [-0.39, 0.29) is 50.8 Å². The van der Waals surface area contributed by atoms with E-state index < -0.39 is 28.8 Å². The Morgan fingerprint density at radius 3 is 1.16 bits per heavy atom. The van der Waals surface area contributed by atoms with Gasteiger partial charge >= 0.3 is 18.2 Å². The van der Waals surface area contributed by atoms with Gasteiger partial charge in [0.15, 0.2) is 0 Å². The van der Waals surface area contributed by atoms with Crippen LogP contribution >= 0.6 is 68.8 Å². The summed E-state index contributed by atoms with van der Waals surface area (Å²) in [7, 11) is 0. The molecule has 23 heteroatoms. The maximum absolute atomic E-state index is 13.4. The van der Waals surface area contributed by atoms with Crippen molar-refractivity contribution in [2.75, 3.05) is 39.3 Å². The molecular weight excluding hydrogens is 1510 g/mol. The van der Waals surface area contributed by atoms with E-state index in [1.165, 1.54) is 6.07 Å². The first kappa shape index (κ1) is 86.9. The van der Waals surface area contributed by atoms with Crippen LogP contribution < -0.4 is 21.7 Å². The molecule has 0 aliphatic carbocycles. The number of carboxylic acids is 1. The summed E-state index contributed by atoms with van der Waals surface area (Å²) in [5.74, 6) is -1.08. The first-order valence-electron chi connectivity index (χ1n) is 37.6. The molecule has 6 N–H and O–H groups in total. The number of rotatable bonds is 11. The molecule has 3 aliphatic heterocycles. The Morgan fingerprint density at radius 1 is 0.468 bits per heavy atom. The van der Waals surface area contributed by atoms with Gasteiger partial charge in [-0.05, 0) is 248 Å². The number of hydrogen-bond acceptors (Lipinski definition) is 15. The number of likely N-dealkylation sites (tertiary alicyclic amines) is 2. The molecule has 0 spiro atoms. The van der Waals surface area contributed by atoms with Gasteiger partial charge in [0.05, 0.1) is 31.7 Å². The second kappa shape index (κ2) is 35.6. The number of piperidine rings is 3. The van der Waals surface area contributed by atoms with Crippen LogP contribution in [0.15, 0.2) is 144 Å². The predicted molar refractivity (Wildman–Crippen MR) is 458 cm³/mol. The summed E-state index contributed by atoms with van der Waals surface area (Å²) >= 11 is 24.5. The Bertz CT molecular complexity index is 4800. The Balaban J connectivity index is 0.000000178. The normalized spacial score (nSPS) is 18.2. The van der Waals surface area contributed by atoms with Crippen molar-refractivity contribution in [3.8, 4) is 64.7 Å². The Hall–Kier alpha value is -8.05. The van der Waals surface area contributed by atoms with Gasteiger partial charge in [-0.25, -0.2) is 14.4 Å². The largest absolute Gasteiger partial charge is 0.478 e. The number of nitrogens with one attached hydrogen (secondary N) is 3. The molecule has 0 saturated carbocycles. The van der Waals surface area contributed by atoms with Gasteiger partial charge in [-0.2, -0.15) is 0 Å². The SMILES string of the molecule is CC(C)(C)c1cc(-c2csc(-c3ccc(C(=O)O)cc3Cl)c2)ccn1.CC1(N)CCCN(C(=O)c2ccc(-c3cc(-c4ccnc(C(C)(C)C)c4)cs3)c(Cl)c2)C1.CC1(NC(=O)OC(C)(C)C)CCCN(C(=O)c2ccc(-c3cc(-c4ccnc(C(C)(C)C)c4)cs3)c(Cl)c2)C1.CC1(NC(=O)OC(C)(C)C)CCCNC1. The fourth-order valence-corrected chi connectivity index (χ4v) is 17.0. The van der Waals surface area contributed by atoms with Gasteiger partial charge in [0.25, 0.3) is 11.8 Å². The maximum atomic E-state index is 13.4. The number of hydrogen-bond donors (Lipinski definition) is 5. The smallest absolute Gasteiger partial charge is 0.408 e. The molecule has 4 amide bonds. The van der Waals surface area contributed by atoms with Crippen molar-refractivity contribution < 1.29 is 38.6 Å². The maximum Gasteiger partial charge on any atom is 0.408 e. The number of nitrogens with zero attached hydrogens (tertiary/aromatic N) is 5. The van der Waals surface area contributed by atoms with Gasteiger partial charge in [0, 0.05) is 133 Å². The molecular formula is C88H108Cl3N9O8S3. The summed E-state index contributed by atoms with van der Waals surface area (Å²) in [6.07, 6.45) is 10.3. The number of ether oxygens (including phenoxy) is 2. The van der Waals surface area contributed by atoms with E-state index in [4.69, 9.17) is 55.1 Å². The van der Waals surface area contributed by atoms with E-state index in [1.807, 2.05) is 128 Å². The van der Waals surface area contributed by atoms with Crippen LogP contribution in [-0.4, -0.2) is 127 Å². The molecule has 0 radical (unpaired) electrons. The lowest BCUT2D eigenvalue weighted by atomic mass is 9.90. The molecule has 9 heterocycles. The first-order valence-corrected chi connectivity index (χ1v) is 41.4. The number of benzene rings is 3. The number of pyridine rings is 3. The average molecular weight is 1620 g/mol. The molecule has 6 aromatic heterocycles. The standard InChI is InChI=1S/C31H38ClN3O3S.C26H30ClN3OS.C20H18ClNO2S.C11H22N2O2/c1-29(2,3)26-17-20(11-13-33-26)22-16-25(39-18-22)23-10-9-21(15-24(23)32)27(36)35-14-8-12-31(7,19-35)34-28(37)38-30(4,5)6;1-25(2,3)23-14-17(8-10-29-23)19-13-22(32-15-19)20-7-6-18(12-21(20)27)24(31)30-11-5-9-26(4,28)16-30;1-20(2,3)18-10-12(6-7-22-18)14-9-17(25-11-14)15-5-4-13(19(23)24)8-16(15)21;1-10(2,3)15-9(14)13-11(4)6-5-7-12-8-11/h9-11,13,15-18H,8,12,14,19H2,1-7H3,(H,34,37);6-8,10,12-15H,5,9,11,16,28H2,1-4H3;4-11H,1-3H3,(H,23,24);12H,5-8H2,1-4H3,(H,13,14). The Labute approximate surface area is 682 Å². The van der Waals surface area contributed by atoms with Gasteiger partial charge < -0.3 is 46.1 Å². The lowest BCUT2D eigenvalue weighted by Gasteiger charge is -2.41. The van der Waals surface area contributed by atoms with E-state index in [9.17, 15) is 24.0 Å². The number of aromatic nitrogens is 3. The van der Waals surface area contributed by atoms with Crippen LogP contribution in [0.2, 0.25) is 15.1 Å². The third kappa shape index (κ3) is 24.5. The van der Waals surface area contributed by atoms with E-state index in [0.717, 1.165) is 140 Å². The van der Waals surface area contributed by atoms with Crippen LogP contribution in [0.25, 0.3) is 64.7 Å². The van der Waals surface area contributed by atoms with Gasteiger partial charge in [0.2, 0.25) is 0 Å². The number of carbonyl (C=O) groups is 5. The lowest BCUT2D eigenvalue weighted by molar-refractivity contribution is 0.0360. The topological polar surface area (TPSA) is 231 Å². The summed E-state index contributed by atoms with van der Waals surface area (Å²) in [5.41, 5.74) is 18.1. The molecule has 3 unspecified atom stereocenters. The van der Waals surface area contributed by atoms with Crippen LogP contribution in [0.1, 0.15) is 211 Å². The highest BCUT2D eigenvalue weighted by molar-refractivity contribution is 7.14. The zero-order valence-corrected chi connectivity index (χ0v) is 72.0. The van der Waals surface area contributed by atoms with Gasteiger partial charge in [-0.15, -0.1) is 34.0 Å². The van der Waals surface area contributed by atoms with Crippen molar-refractivity contribution in [3.63, 3.8) is 0 Å². The fourth-order valence-electron chi connectivity index (χ4n) is 13.1. The summed E-state index contributed by atoms with van der Waals surface area (Å²) in [6.45, 7) is 40.7. The highest BCUT2D eigenvalue weighted by atomic mass is 35.5. The monoisotopic (exact) mass is 1620 g/mol. The molecule has 12 rings (SSSR count). The van der Waals surface area contributed by atoms with E-state index in [0.29, 0.717) is 45.8 Å². The van der Waals surface area contributed by atoms with Crippen LogP contribution in [0, 0.1) is 0 Å². The second-order valence-corrected chi connectivity index (χ2v) is 39.0. The number of thiophene rings is 3. The highest BCUT2D eigenvalue weighted by Crippen LogP contribution is 2.42. The number of nitrogens with two attached hydrogens (primary N) is 1. The van der Waals surface area contributed by atoms with E-state index in [1.54, 1.807) is 63.2 Å². The number of carbonyl (C=O) groups excluding carboxylic acids is 4. The van der Waals surface area contributed by atoms with Gasteiger partial charge in [0.1, 0.15) is 11.2 Å². The predicted octanol–water partition coefficient (Wildman–Crippen LogP) is 22.1. The van der Waals surface area contributed by atoms with Crippen molar-refractivity contribution in [3.05, 3.63) is 193 Å². The number of halogens is 3. The van der Waals surface area contributed by atoms with Crippen LogP contribution in [0.5, 0.6) is 0 Å². The van der Waals surface area contributed by atoms with Crippen molar-refractivity contribution in [1.29, 1.82) is 0 Å². The molecule has 3 saturated heterocycles. The summed E-state index contributed by atoms with van der Waals surface area (Å²) in [5, 5.41) is 26.1. The minimum atomic E-state index is -0.980. The van der Waals surface area contributed by atoms with Crippen LogP contribution in [-0.2, 0) is 25.7 Å². The number of alkyl carbamates (subject to hydrolysis) is 2. The van der Waals surface area contributed by atoms with Gasteiger partial charge in [-0.3, -0.25) is 24.5 Å². The van der Waals surface area contributed by atoms with Crippen molar-refractivity contribution in [1.82, 2.24) is 40.7 Å². The zero-order chi connectivity index (χ0) is 81.4. The number of aromatic carboxylic acids is 1. The third-order valence-corrected chi connectivity index (χ3v) is 22.9. The quantitative estimate of drug-likeness (QED) is 0.0812. The second-order valence-electron chi connectivity index (χ2n) is 35.0. The van der Waals surface area contributed by atoms with E-state index >= 15 is 0 Å². The Kier molecular flexibility index (Phi) is 27.8. The summed E-state index contributed by atoms with van der Waals surface area (Å²) < 4.78 is 10.7. The molecule has 592 valence electrons. The van der Waals surface area contributed by atoms with Crippen LogP contribution in [0.3, 0.4) is 0 Å². The number of amides is 4. The van der Waals surface area contributed by atoms with E-state index in [2.05, 4.69) is 146 Å². The first-order chi connectivity index (χ1) is 51.7. The fraction of sp³-hybridized carbons (Fsp3) is 0.432. The molecule has 3 fully saturated rings. The molecule has 9 aromatic rings. The molecule has 3 aromatic carbocycles. The minimum absolute atomic E-state index is 0.00374. The summed E-state index contributed by atoms with van der Waals surface area (Å²) in [4.78, 5) is 81.7.